The number of fused-ring (bicyclic) bond motifs is 1. The van der Waals surface area contributed by atoms with E-state index in [1.807, 2.05) is 12.1 Å². The maximum Gasteiger partial charge on any atom is 0.298 e. The monoisotopic (exact) mass is 387 g/mol. The minimum Gasteiger partial charge on any atom is -0.507 e. The number of aromatic hydroxyl groups is 2. The van der Waals surface area contributed by atoms with Gasteiger partial charge in [0.25, 0.3) is 15.8 Å². The van der Waals surface area contributed by atoms with Gasteiger partial charge in [-0.25, -0.2) is 0 Å². The van der Waals surface area contributed by atoms with Gasteiger partial charge in [-0.3, -0.25) is 14.7 Å². The molecular weight excluding hydrogens is 374 g/mol. The number of nitro benzene ring substituents is 1. The van der Waals surface area contributed by atoms with Crippen molar-refractivity contribution >= 4 is 38.7 Å². The van der Waals surface area contributed by atoms with Crippen LogP contribution >= 0.6 is 0 Å². The predicted molar refractivity (Wildman–Crippen MR) is 99.1 cm³/mol. The molecule has 0 bridgehead atoms. The van der Waals surface area contributed by atoms with Crippen LogP contribution in [0.1, 0.15) is 11.1 Å². The second-order valence-corrected chi connectivity index (χ2v) is 7.06. The lowest BCUT2D eigenvalue weighted by Gasteiger charge is -2.07. The van der Waals surface area contributed by atoms with Crippen LogP contribution in [0.3, 0.4) is 0 Å². The van der Waals surface area contributed by atoms with Crippen LogP contribution in [0.5, 0.6) is 11.5 Å². The van der Waals surface area contributed by atoms with E-state index in [2.05, 4.69) is 0 Å². The van der Waals surface area contributed by atoms with Crippen molar-refractivity contribution < 1.29 is 28.1 Å². The van der Waals surface area contributed by atoms with Crippen molar-refractivity contribution in [2.24, 2.45) is 0 Å². The molecule has 3 N–H and O–H groups in total. The first-order valence-corrected chi connectivity index (χ1v) is 9.00. The van der Waals surface area contributed by atoms with Gasteiger partial charge in [0.05, 0.1) is 4.92 Å². The quantitative estimate of drug-likeness (QED) is 0.269. The summed E-state index contributed by atoms with van der Waals surface area (Å²) in [7, 11) is -4.88. The zero-order valence-electron chi connectivity index (χ0n) is 13.6. The Morgan fingerprint density at radius 2 is 1.70 bits per heavy atom. The van der Waals surface area contributed by atoms with Gasteiger partial charge in [-0.15, -0.1) is 0 Å². The van der Waals surface area contributed by atoms with Crippen molar-refractivity contribution in [3.05, 3.63) is 69.8 Å². The van der Waals surface area contributed by atoms with Crippen LogP contribution in [-0.2, 0) is 10.1 Å². The number of nitrogens with zero attached hydrogens (tertiary/aromatic N) is 1. The highest BCUT2D eigenvalue weighted by molar-refractivity contribution is 7.86. The summed E-state index contributed by atoms with van der Waals surface area (Å²) in [6.45, 7) is 0. The van der Waals surface area contributed by atoms with E-state index in [9.17, 15) is 33.3 Å². The summed E-state index contributed by atoms with van der Waals surface area (Å²) in [4.78, 5) is 9.21. The third kappa shape index (κ3) is 3.59. The fourth-order valence-electron chi connectivity index (χ4n) is 2.68. The minimum absolute atomic E-state index is 0.0649. The zero-order valence-corrected chi connectivity index (χ0v) is 14.4. The second-order valence-electron chi connectivity index (χ2n) is 5.67. The highest BCUT2D eigenvalue weighted by atomic mass is 32.2. The topological polar surface area (TPSA) is 138 Å². The largest absolute Gasteiger partial charge is 0.507 e. The van der Waals surface area contributed by atoms with E-state index >= 15 is 0 Å². The number of non-ortho nitro benzene ring substituents is 1. The number of phenols is 2. The van der Waals surface area contributed by atoms with E-state index in [1.165, 1.54) is 18.2 Å². The fraction of sp³-hybridized carbons (Fsp3) is 0. The molecule has 0 amide bonds. The summed E-state index contributed by atoms with van der Waals surface area (Å²) in [5, 5.41) is 32.8. The second kappa shape index (κ2) is 6.71. The average Bonchev–Trinajstić information content (AvgIpc) is 2.60. The molecule has 3 aromatic carbocycles. The van der Waals surface area contributed by atoms with Gasteiger partial charge in [0.1, 0.15) is 16.4 Å². The van der Waals surface area contributed by atoms with Gasteiger partial charge < -0.3 is 10.2 Å². The molecule has 0 aliphatic rings. The first-order valence-electron chi connectivity index (χ1n) is 7.56. The molecule has 9 heteroatoms. The SMILES string of the molecule is O=[N+]([O-])c1cc(/C=C/c2c(O)ccc3ccccc23)c(O)c(S(=O)(=O)O)c1. The molecule has 0 spiro atoms. The normalized spacial score (nSPS) is 11.9. The van der Waals surface area contributed by atoms with Gasteiger partial charge in [0, 0.05) is 23.3 Å². The molecular formula is C18H13NO7S. The van der Waals surface area contributed by atoms with E-state index < -0.39 is 31.4 Å². The average molecular weight is 387 g/mol. The summed E-state index contributed by atoms with van der Waals surface area (Å²) >= 11 is 0. The van der Waals surface area contributed by atoms with Crippen LogP contribution in [0.15, 0.2) is 53.4 Å². The molecule has 0 aliphatic heterocycles. The number of phenolic OH excluding ortho intramolecular Hbond substituents is 2. The molecule has 0 unspecified atom stereocenters. The molecule has 0 radical (unpaired) electrons. The van der Waals surface area contributed by atoms with Crippen LogP contribution in [0.4, 0.5) is 5.69 Å². The lowest BCUT2D eigenvalue weighted by atomic mass is 10.0. The molecule has 0 heterocycles. The highest BCUT2D eigenvalue weighted by Crippen LogP contribution is 2.34. The molecule has 3 rings (SSSR count). The molecule has 0 aromatic heterocycles. The Hall–Kier alpha value is -3.43. The van der Waals surface area contributed by atoms with Crippen molar-refractivity contribution in [2.75, 3.05) is 0 Å². The van der Waals surface area contributed by atoms with Crippen molar-refractivity contribution in [1.82, 2.24) is 0 Å². The van der Waals surface area contributed by atoms with E-state index in [0.717, 1.165) is 11.5 Å². The minimum atomic E-state index is -4.88. The van der Waals surface area contributed by atoms with Crippen LogP contribution in [0.25, 0.3) is 22.9 Å². The lowest BCUT2D eigenvalue weighted by Crippen LogP contribution is -2.01. The van der Waals surface area contributed by atoms with Gasteiger partial charge >= 0.3 is 0 Å². The first-order chi connectivity index (χ1) is 12.7. The van der Waals surface area contributed by atoms with Crippen molar-refractivity contribution in [1.29, 1.82) is 0 Å². The Morgan fingerprint density at radius 3 is 2.37 bits per heavy atom. The molecule has 27 heavy (non-hydrogen) atoms. The molecule has 8 nitrogen and oxygen atoms in total. The summed E-state index contributed by atoms with van der Waals surface area (Å²) in [5.74, 6) is -0.899. The van der Waals surface area contributed by atoms with Gasteiger partial charge in [0.15, 0.2) is 0 Å². The molecule has 138 valence electrons. The third-order valence-corrected chi connectivity index (χ3v) is 4.82. The lowest BCUT2D eigenvalue weighted by molar-refractivity contribution is -0.385. The molecule has 0 saturated heterocycles. The third-order valence-electron chi connectivity index (χ3n) is 3.96. The van der Waals surface area contributed by atoms with E-state index in [-0.39, 0.29) is 11.3 Å². The molecule has 3 aromatic rings. The Balaban J connectivity index is 2.20. The number of benzene rings is 3. The predicted octanol–water partition coefficient (Wildman–Crippen LogP) is 3.58. The Kier molecular flexibility index (Phi) is 4.56. The van der Waals surface area contributed by atoms with Crippen LogP contribution in [0.2, 0.25) is 0 Å². The number of hydrogen-bond donors (Lipinski definition) is 3. The van der Waals surface area contributed by atoms with Gasteiger partial charge in [-0.1, -0.05) is 36.4 Å². The van der Waals surface area contributed by atoms with Crippen LogP contribution < -0.4 is 0 Å². The number of hydrogen-bond acceptors (Lipinski definition) is 6. The van der Waals surface area contributed by atoms with Crippen LogP contribution in [0, 0.1) is 10.1 Å². The molecule has 0 fully saturated rings. The van der Waals surface area contributed by atoms with Crippen LogP contribution in [-0.4, -0.2) is 28.1 Å². The maximum absolute atomic E-state index is 11.4. The van der Waals surface area contributed by atoms with E-state index in [4.69, 9.17) is 0 Å². The van der Waals surface area contributed by atoms with E-state index in [1.54, 1.807) is 18.2 Å². The first kappa shape index (κ1) is 18.4. The smallest absolute Gasteiger partial charge is 0.298 e. The Labute approximate surface area is 153 Å². The Bertz CT molecular complexity index is 1200. The highest BCUT2D eigenvalue weighted by Gasteiger charge is 2.23. The van der Waals surface area contributed by atoms with Gasteiger partial charge in [0.2, 0.25) is 0 Å². The molecule has 0 aliphatic carbocycles. The summed E-state index contributed by atoms with van der Waals surface area (Å²) < 4.78 is 32.0. The fourth-order valence-corrected chi connectivity index (χ4v) is 3.31. The molecule has 0 atom stereocenters. The number of nitro groups is 1. The van der Waals surface area contributed by atoms with Crippen molar-refractivity contribution in [3.63, 3.8) is 0 Å². The maximum atomic E-state index is 11.4. The number of rotatable bonds is 4. The summed E-state index contributed by atoms with van der Waals surface area (Å²) in [5.41, 5.74) is -0.446. The zero-order chi connectivity index (χ0) is 19.8. The summed E-state index contributed by atoms with van der Waals surface area (Å²) in [6.07, 6.45) is 2.61. The van der Waals surface area contributed by atoms with E-state index in [0.29, 0.717) is 17.0 Å². The van der Waals surface area contributed by atoms with Crippen molar-refractivity contribution in [3.8, 4) is 11.5 Å². The van der Waals surface area contributed by atoms with Gasteiger partial charge in [-0.05, 0) is 22.9 Å². The Morgan fingerprint density at radius 1 is 1.00 bits per heavy atom. The van der Waals surface area contributed by atoms with Crippen molar-refractivity contribution in [2.45, 2.75) is 4.90 Å². The summed E-state index contributed by atoms with van der Waals surface area (Å²) in [6, 6.07) is 11.9. The van der Waals surface area contributed by atoms with Gasteiger partial charge in [-0.2, -0.15) is 8.42 Å². The standard InChI is InChI=1S/C18H13NO7S/c20-16-8-6-11-3-1-2-4-14(11)15(16)7-5-12-9-13(19(22)23)10-17(18(12)21)27(24,25)26/h1-10,20-21H,(H,24,25,26)/b7-5+. The molecule has 0 saturated carbocycles.